The van der Waals surface area contributed by atoms with Gasteiger partial charge in [-0.3, -0.25) is 0 Å². The van der Waals surface area contributed by atoms with Crippen molar-refractivity contribution in [3.8, 4) is 6.07 Å². The van der Waals surface area contributed by atoms with Crippen LogP contribution in [-0.2, 0) is 6.42 Å². The minimum absolute atomic E-state index is 0.493. The summed E-state index contributed by atoms with van der Waals surface area (Å²) in [5, 5.41) is 8.70. The van der Waals surface area contributed by atoms with Crippen LogP contribution >= 0.6 is 0 Å². The number of rotatable bonds is 4. The van der Waals surface area contributed by atoms with E-state index < -0.39 is 0 Å². The van der Waals surface area contributed by atoms with Gasteiger partial charge in [-0.2, -0.15) is 5.26 Å². The number of benzene rings is 1. The first-order valence-electron chi connectivity index (χ1n) is 5.03. The summed E-state index contributed by atoms with van der Waals surface area (Å²) in [5.41, 5.74) is 2.32. The minimum atomic E-state index is 0.493. The molecule has 0 heterocycles. The van der Waals surface area contributed by atoms with Gasteiger partial charge in [-0.25, -0.2) is 0 Å². The van der Waals surface area contributed by atoms with E-state index in [1.54, 1.807) is 0 Å². The van der Waals surface area contributed by atoms with Gasteiger partial charge in [0.25, 0.3) is 0 Å². The van der Waals surface area contributed by atoms with Crippen LogP contribution in [0.1, 0.15) is 19.4 Å². The Morgan fingerprint density at radius 1 is 1.21 bits per heavy atom. The van der Waals surface area contributed by atoms with Crippen LogP contribution in [0.15, 0.2) is 24.3 Å². The van der Waals surface area contributed by atoms with Gasteiger partial charge in [0, 0.05) is 18.8 Å². The molecule has 0 bridgehead atoms. The van der Waals surface area contributed by atoms with Crippen molar-refractivity contribution >= 4 is 5.69 Å². The zero-order valence-corrected chi connectivity index (χ0v) is 8.83. The Morgan fingerprint density at radius 3 is 2.43 bits per heavy atom. The van der Waals surface area contributed by atoms with Crippen molar-refractivity contribution in [2.24, 2.45) is 0 Å². The quantitative estimate of drug-likeness (QED) is 0.726. The standard InChI is InChI=1S/C12H16N2/c1-3-14(4-2)12-8-6-5-7-11(12)9-10-13/h5-8H,3-4,9H2,1-2H3. The highest BCUT2D eigenvalue weighted by molar-refractivity contribution is 5.54. The molecule has 74 valence electrons. The molecule has 0 amide bonds. The Hall–Kier alpha value is -1.49. The van der Waals surface area contributed by atoms with E-state index in [0.29, 0.717) is 6.42 Å². The van der Waals surface area contributed by atoms with E-state index in [4.69, 9.17) is 5.26 Å². The van der Waals surface area contributed by atoms with Crippen molar-refractivity contribution in [1.29, 1.82) is 5.26 Å². The topological polar surface area (TPSA) is 27.0 Å². The van der Waals surface area contributed by atoms with Crippen LogP contribution in [-0.4, -0.2) is 13.1 Å². The molecule has 1 aromatic rings. The van der Waals surface area contributed by atoms with Crippen LogP contribution in [0.3, 0.4) is 0 Å². The largest absolute Gasteiger partial charge is 0.372 e. The lowest BCUT2D eigenvalue weighted by molar-refractivity contribution is 0.859. The number of hydrogen-bond donors (Lipinski definition) is 0. The van der Waals surface area contributed by atoms with E-state index in [2.05, 4.69) is 30.9 Å². The normalized spacial score (nSPS) is 9.50. The fourth-order valence-electron chi connectivity index (χ4n) is 1.62. The molecule has 14 heavy (non-hydrogen) atoms. The summed E-state index contributed by atoms with van der Waals surface area (Å²) in [6.45, 7) is 6.23. The molecule has 0 unspecified atom stereocenters. The molecule has 2 heteroatoms. The van der Waals surface area contributed by atoms with E-state index >= 15 is 0 Å². The summed E-state index contributed by atoms with van der Waals surface area (Å²) < 4.78 is 0. The molecule has 0 aliphatic carbocycles. The van der Waals surface area contributed by atoms with Crippen molar-refractivity contribution in [1.82, 2.24) is 0 Å². The lowest BCUT2D eigenvalue weighted by atomic mass is 10.1. The zero-order chi connectivity index (χ0) is 10.4. The first-order valence-corrected chi connectivity index (χ1v) is 5.03. The van der Waals surface area contributed by atoms with Gasteiger partial charge in [-0.1, -0.05) is 18.2 Å². The smallest absolute Gasteiger partial charge is 0.0670 e. The summed E-state index contributed by atoms with van der Waals surface area (Å²) in [6.07, 6.45) is 0.493. The molecule has 2 nitrogen and oxygen atoms in total. The Morgan fingerprint density at radius 2 is 1.86 bits per heavy atom. The second-order valence-corrected chi connectivity index (χ2v) is 3.14. The fourth-order valence-corrected chi connectivity index (χ4v) is 1.62. The molecule has 0 saturated heterocycles. The van der Waals surface area contributed by atoms with Crippen LogP contribution in [0.2, 0.25) is 0 Å². The number of nitrogens with zero attached hydrogens (tertiary/aromatic N) is 2. The summed E-state index contributed by atoms with van der Waals surface area (Å²) in [4.78, 5) is 2.27. The summed E-state index contributed by atoms with van der Waals surface area (Å²) in [7, 11) is 0. The van der Waals surface area contributed by atoms with Gasteiger partial charge in [0.05, 0.1) is 12.5 Å². The molecule has 0 N–H and O–H groups in total. The Balaban J connectivity index is 3.00. The van der Waals surface area contributed by atoms with Crippen molar-refractivity contribution in [3.05, 3.63) is 29.8 Å². The number of anilines is 1. The molecule has 1 rings (SSSR count). The SMILES string of the molecule is CCN(CC)c1ccccc1CC#N. The molecule has 0 aliphatic heterocycles. The van der Waals surface area contributed by atoms with Crippen LogP contribution in [0, 0.1) is 11.3 Å². The van der Waals surface area contributed by atoms with Crippen molar-refractivity contribution < 1.29 is 0 Å². The second kappa shape index (κ2) is 5.29. The van der Waals surface area contributed by atoms with Crippen molar-refractivity contribution in [3.63, 3.8) is 0 Å². The zero-order valence-electron chi connectivity index (χ0n) is 8.83. The lowest BCUT2D eigenvalue weighted by Gasteiger charge is -2.23. The monoisotopic (exact) mass is 188 g/mol. The van der Waals surface area contributed by atoms with Gasteiger partial charge in [-0.05, 0) is 25.5 Å². The molecule has 0 radical (unpaired) electrons. The highest BCUT2D eigenvalue weighted by Gasteiger charge is 2.06. The molecular weight excluding hydrogens is 172 g/mol. The van der Waals surface area contributed by atoms with Crippen molar-refractivity contribution in [2.45, 2.75) is 20.3 Å². The highest BCUT2D eigenvalue weighted by Crippen LogP contribution is 2.20. The maximum Gasteiger partial charge on any atom is 0.0670 e. The Bertz CT molecular complexity index is 321. The van der Waals surface area contributed by atoms with Crippen LogP contribution in [0.25, 0.3) is 0 Å². The van der Waals surface area contributed by atoms with Gasteiger partial charge in [0.1, 0.15) is 0 Å². The first-order chi connectivity index (χ1) is 6.83. The van der Waals surface area contributed by atoms with Crippen LogP contribution in [0.4, 0.5) is 5.69 Å². The van der Waals surface area contributed by atoms with Gasteiger partial charge in [0.15, 0.2) is 0 Å². The third kappa shape index (κ3) is 2.26. The first kappa shape index (κ1) is 10.6. The van der Waals surface area contributed by atoms with Gasteiger partial charge in [-0.15, -0.1) is 0 Å². The molecule has 1 aromatic carbocycles. The molecule has 0 fully saturated rings. The minimum Gasteiger partial charge on any atom is -0.372 e. The summed E-state index contributed by atoms with van der Waals surface area (Å²) in [5.74, 6) is 0. The fraction of sp³-hybridized carbons (Fsp3) is 0.417. The van der Waals surface area contributed by atoms with E-state index in [1.165, 1.54) is 5.69 Å². The predicted octanol–water partition coefficient (Wildman–Crippen LogP) is 2.60. The van der Waals surface area contributed by atoms with Crippen molar-refractivity contribution in [2.75, 3.05) is 18.0 Å². The number of para-hydroxylation sites is 1. The molecule has 0 aromatic heterocycles. The van der Waals surface area contributed by atoms with E-state index in [-0.39, 0.29) is 0 Å². The van der Waals surface area contributed by atoms with Crippen LogP contribution < -0.4 is 4.90 Å². The van der Waals surface area contributed by atoms with E-state index in [1.807, 2.05) is 18.2 Å². The third-order valence-corrected chi connectivity index (χ3v) is 2.37. The maximum absolute atomic E-state index is 8.70. The van der Waals surface area contributed by atoms with E-state index in [0.717, 1.165) is 18.7 Å². The Labute approximate surface area is 85.8 Å². The Kier molecular flexibility index (Phi) is 4.00. The van der Waals surface area contributed by atoms with Gasteiger partial charge in [0.2, 0.25) is 0 Å². The maximum atomic E-state index is 8.70. The molecule has 0 saturated carbocycles. The van der Waals surface area contributed by atoms with Gasteiger partial charge < -0.3 is 4.90 Å². The summed E-state index contributed by atoms with van der Waals surface area (Å²) >= 11 is 0. The molecule has 0 spiro atoms. The summed E-state index contributed by atoms with van der Waals surface area (Å²) in [6, 6.07) is 10.3. The second-order valence-electron chi connectivity index (χ2n) is 3.14. The molecular formula is C12H16N2. The van der Waals surface area contributed by atoms with Gasteiger partial charge >= 0.3 is 0 Å². The number of hydrogen-bond acceptors (Lipinski definition) is 2. The number of nitriles is 1. The highest BCUT2D eigenvalue weighted by atomic mass is 15.1. The van der Waals surface area contributed by atoms with Crippen LogP contribution in [0.5, 0.6) is 0 Å². The molecule has 0 aliphatic rings. The third-order valence-electron chi connectivity index (χ3n) is 2.37. The molecule has 0 atom stereocenters. The predicted molar refractivity (Wildman–Crippen MR) is 59.3 cm³/mol. The average molecular weight is 188 g/mol. The average Bonchev–Trinajstić information content (AvgIpc) is 2.23. The lowest BCUT2D eigenvalue weighted by Crippen LogP contribution is -2.22. The van der Waals surface area contributed by atoms with E-state index in [9.17, 15) is 0 Å².